The third kappa shape index (κ3) is 7.24. The van der Waals surface area contributed by atoms with Gasteiger partial charge in [0, 0.05) is 50.4 Å². The zero-order chi connectivity index (χ0) is 36.4. The lowest BCUT2D eigenvalue weighted by atomic mass is 9.91. The van der Waals surface area contributed by atoms with Crippen LogP contribution in [-0.2, 0) is 22.6 Å². The van der Waals surface area contributed by atoms with E-state index in [1.807, 2.05) is 24.3 Å². The van der Waals surface area contributed by atoms with Crippen molar-refractivity contribution in [2.24, 2.45) is 0 Å². The normalized spacial score (nSPS) is 18.0. The number of nitrogens with zero attached hydrogens (tertiary/aromatic N) is 4. The van der Waals surface area contributed by atoms with Gasteiger partial charge in [-0.2, -0.15) is 0 Å². The molecule has 0 amide bonds. The molecule has 9 nitrogen and oxygen atoms in total. The standard InChI is InChI=1S/C43H44N4O5/c1-27-18-33(23-47-16-14-34(49)24-47)41(50-5)21-32(27)13-12-31-8-6-9-36(28(31)2)37-10-7-11-38(29(37)3)43-45-40-20-30(19-39(44-4)42(40)52-43)22-46-17-15-35(25-46)51-26-48/h6-13,18-21,26,34-35,49H,14-17,22-25H2,1-3,5H3/b13-12+/t34-,35+/m1/s1. The highest BCUT2D eigenvalue weighted by Crippen LogP contribution is 2.38. The maximum atomic E-state index is 10.8. The first kappa shape index (κ1) is 35.1. The Kier molecular flexibility index (Phi) is 10.2. The summed E-state index contributed by atoms with van der Waals surface area (Å²) in [5.41, 5.74) is 12.4. The molecule has 266 valence electrons. The molecule has 0 saturated carbocycles. The van der Waals surface area contributed by atoms with Crippen LogP contribution in [0.4, 0.5) is 5.69 Å². The molecule has 52 heavy (non-hydrogen) atoms. The van der Waals surface area contributed by atoms with Crippen molar-refractivity contribution in [2.45, 2.75) is 58.9 Å². The zero-order valence-corrected chi connectivity index (χ0v) is 30.2. The van der Waals surface area contributed by atoms with Gasteiger partial charge in [0.15, 0.2) is 5.58 Å². The number of carbonyl (C=O) groups is 1. The predicted octanol–water partition coefficient (Wildman–Crippen LogP) is 8.13. The van der Waals surface area contributed by atoms with E-state index in [1.165, 1.54) is 5.56 Å². The molecule has 2 fully saturated rings. The Hall–Kier alpha value is -5.27. The van der Waals surface area contributed by atoms with Crippen LogP contribution in [0.3, 0.4) is 0 Å². The number of carbonyl (C=O) groups excluding carboxylic acids is 1. The maximum Gasteiger partial charge on any atom is 0.293 e. The minimum absolute atomic E-state index is 0.0938. The van der Waals surface area contributed by atoms with Crippen molar-refractivity contribution in [2.75, 3.05) is 33.3 Å². The number of ether oxygens (including phenoxy) is 2. The first-order valence-corrected chi connectivity index (χ1v) is 17.8. The van der Waals surface area contributed by atoms with Crippen LogP contribution < -0.4 is 4.74 Å². The molecule has 5 aromatic rings. The smallest absolute Gasteiger partial charge is 0.293 e. The maximum absolute atomic E-state index is 10.8. The lowest BCUT2D eigenvalue weighted by molar-refractivity contribution is -0.132. The van der Waals surface area contributed by atoms with Gasteiger partial charge in [0.1, 0.15) is 11.9 Å². The highest BCUT2D eigenvalue weighted by molar-refractivity contribution is 5.90. The monoisotopic (exact) mass is 696 g/mol. The van der Waals surface area contributed by atoms with Crippen LogP contribution in [0.25, 0.3) is 50.7 Å². The van der Waals surface area contributed by atoms with Gasteiger partial charge in [-0.05, 0) is 102 Å². The minimum atomic E-state index is -0.249. The topological polar surface area (TPSA) is 92.6 Å². The summed E-state index contributed by atoms with van der Waals surface area (Å²) < 4.78 is 17.3. The fourth-order valence-electron chi connectivity index (χ4n) is 7.67. The first-order valence-electron chi connectivity index (χ1n) is 17.8. The lowest BCUT2D eigenvalue weighted by Gasteiger charge is -2.18. The number of β-amino-alcohol motifs (C(OH)–C–C–N with tert-alkyl or cyclic N) is 1. The molecular weight excluding hydrogens is 652 g/mol. The summed E-state index contributed by atoms with van der Waals surface area (Å²) in [5.74, 6) is 1.34. The van der Waals surface area contributed by atoms with Crippen LogP contribution >= 0.6 is 0 Å². The quantitative estimate of drug-likeness (QED) is 0.0841. The Morgan fingerprint density at radius 2 is 1.65 bits per heavy atom. The summed E-state index contributed by atoms with van der Waals surface area (Å²) in [6, 6.07) is 20.7. The molecule has 0 bridgehead atoms. The third-order valence-corrected chi connectivity index (χ3v) is 10.5. The number of methoxy groups -OCH3 is 1. The van der Waals surface area contributed by atoms with Crippen molar-refractivity contribution in [3.63, 3.8) is 0 Å². The number of aromatic nitrogens is 1. The number of fused-ring (bicyclic) bond motifs is 1. The number of hydrogen-bond donors (Lipinski definition) is 1. The summed E-state index contributed by atoms with van der Waals surface area (Å²) in [5, 5.41) is 9.98. The van der Waals surface area contributed by atoms with E-state index in [0.717, 1.165) is 88.3 Å². The summed E-state index contributed by atoms with van der Waals surface area (Å²) >= 11 is 0. The van der Waals surface area contributed by atoms with E-state index in [0.29, 0.717) is 48.8 Å². The molecule has 2 saturated heterocycles. The molecule has 4 aromatic carbocycles. The van der Waals surface area contributed by atoms with Gasteiger partial charge in [-0.1, -0.05) is 48.6 Å². The number of aliphatic hydroxyl groups excluding tert-OH is 1. The van der Waals surface area contributed by atoms with Gasteiger partial charge in [-0.15, -0.1) is 0 Å². The van der Waals surface area contributed by atoms with Crippen molar-refractivity contribution in [3.05, 3.63) is 111 Å². The highest BCUT2D eigenvalue weighted by Gasteiger charge is 2.25. The second kappa shape index (κ2) is 15.1. The average Bonchev–Trinajstić information content (AvgIpc) is 3.88. The summed E-state index contributed by atoms with van der Waals surface area (Å²) in [6.07, 6.45) is 5.59. The fourth-order valence-corrected chi connectivity index (χ4v) is 7.67. The summed E-state index contributed by atoms with van der Waals surface area (Å²) in [7, 11) is 1.71. The van der Waals surface area contributed by atoms with Gasteiger partial charge in [0.25, 0.3) is 6.47 Å². The average molecular weight is 697 g/mol. The second-order valence-electron chi connectivity index (χ2n) is 14.0. The van der Waals surface area contributed by atoms with E-state index in [9.17, 15) is 9.90 Å². The fraction of sp³-hybridized carbons (Fsp3) is 0.326. The molecule has 0 aliphatic carbocycles. The van der Waals surface area contributed by atoms with E-state index in [4.69, 9.17) is 25.4 Å². The van der Waals surface area contributed by atoms with Crippen LogP contribution in [0.1, 0.15) is 51.8 Å². The summed E-state index contributed by atoms with van der Waals surface area (Å²) in [6.45, 7) is 19.2. The van der Waals surface area contributed by atoms with Crippen molar-refractivity contribution >= 4 is 35.4 Å². The van der Waals surface area contributed by atoms with Crippen LogP contribution in [0, 0.1) is 27.3 Å². The Morgan fingerprint density at radius 3 is 2.40 bits per heavy atom. The Labute approximate surface area is 304 Å². The molecule has 0 radical (unpaired) electrons. The SMILES string of the molecule is [C-]#[N+]c1cc(CN2CC[C@H](OC=O)C2)cc2nc(-c3cccc(-c4cccc(/C=C/c5cc(OC)c(CN6CC[C@@H](O)C6)cc5C)c4C)c3C)oc12. The van der Waals surface area contributed by atoms with E-state index < -0.39 is 0 Å². The van der Waals surface area contributed by atoms with Crippen LogP contribution in [0.5, 0.6) is 5.75 Å². The van der Waals surface area contributed by atoms with Gasteiger partial charge in [-0.3, -0.25) is 14.6 Å². The molecule has 2 atom stereocenters. The Balaban J connectivity index is 1.15. The van der Waals surface area contributed by atoms with E-state index in [1.54, 1.807) is 7.11 Å². The minimum Gasteiger partial charge on any atom is -0.496 e. The molecule has 1 aromatic heterocycles. The molecule has 0 spiro atoms. The number of benzene rings is 4. The first-order chi connectivity index (χ1) is 25.2. The molecule has 3 heterocycles. The zero-order valence-electron chi connectivity index (χ0n) is 30.2. The van der Waals surface area contributed by atoms with Gasteiger partial charge in [-0.25, -0.2) is 9.83 Å². The number of hydrogen-bond acceptors (Lipinski definition) is 8. The second-order valence-corrected chi connectivity index (χ2v) is 14.0. The highest BCUT2D eigenvalue weighted by atomic mass is 16.5. The molecule has 2 aliphatic rings. The number of aryl methyl sites for hydroxylation is 1. The number of rotatable bonds is 11. The molecule has 0 unspecified atom stereocenters. The largest absolute Gasteiger partial charge is 0.496 e. The molecule has 1 N–H and O–H groups in total. The van der Waals surface area contributed by atoms with Crippen molar-refractivity contribution in [1.29, 1.82) is 0 Å². The van der Waals surface area contributed by atoms with Crippen LogP contribution in [-0.4, -0.2) is 71.9 Å². The summed E-state index contributed by atoms with van der Waals surface area (Å²) in [4.78, 5) is 24.0. The van der Waals surface area contributed by atoms with E-state index in [2.05, 4.69) is 84.0 Å². The molecule has 9 heteroatoms. The molecular formula is C43H44N4O5. The van der Waals surface area contributed by atoms with Crippen molar-refractivity contribution in [3.8, 4) is 28.3 Å². The molecule has 2 aliphatic heterocycles. The van der Waals surface area contributed by atoms with Crippen LogP contribution in [0.2, 0.25) is 0 Å². The van der Waals surface area contributed by atoms with Gasteiger partial charge in [0.05, 0.1) is 25.3 Å². The van der Waals surface area contributed by atoms with E-state index in [-0.39, 0.29) is 12.2 Å². The lowest BCUT2D eigenvalue weighted by Crippen LogP contribution is -2.22. The van der Waals surface area contributed by atoms with Crippen LogP contribution in [0.15, 0.2) is 65.1 Å². The number of likely N-dealkylation sites (tertiary alicyclic amines) is 2. The van der Waals surface area contributed by atoms with Crippen molar-refractivity contribution in [1.82, 2.24) is 14.8 Å². The number of oxazole rings is 1. The number of aliphatic hydroxyl groups is 1. The molecule has 7 rings (SSSR count). The predicted molar refractivity (Wildman–Crippen MR) is 204 cm³/mol. The van der Waals surface area contributed by atoms with Gasteiger partial charge in [0.2, 0.25) is 11.6 Å². The van der Waals surface area contributed by atoms with Crippen molar-refractivity contribution < 1.29 is 23.8 Å². The van der Waals surface area contributed by atoms with Gasteiger partial charge < -0.3 is 19.0 Å². The Bertz CT molecular complexity index is 2200. The Morgan fingerprint density at radius 1 is 0.923 bits per heavy atom. The third-order valence-electron chi connectivity index (χ3n) is 10.5. The van der Waals surface area contributed by atoms with Gasteiger partial charge >= 0.3 is 0 Å². The van der Waals surface area contributed by atoms with E-state index >= 15 is 0 Å².